The van der Waals surface area contributed by atoms with Gasteiger partial charge in [-0.2, -0.15) is 4.80 Å². The Bertz CT molecular complexity index is 946. The van der Waals surface area contributed by atoms with E-state index in [9.17, 15) is 4.79 Å². The Balaban J connectivity index is 1.63. The van der Waals surface area contributed by atoms with E-state index in [2.05, 4.69) is 25.4 Å². The molecule has 0 spiro atoms. The van der Waals surface area contributed by atoms with E-state index in [1.165, 1.54) is 4.80 Å². The zero-order valence-corrected chi connectivity index (χ0v) is 14.2. The van der Waals surface area contributed by atoms with Gasteiger partial charge in [0.1, 0.15) is 17.4 Å². The van der Waals surface area contributed by atoms with E-state index in [0.29, 0.717) is 42.2 Å². The predicted octanol–water partition coefficient (Wildman–Crippen LogP) is 0.0139. The van der Waals surface area contributed by atoms with Crippen LogP contribution in [0.2, 0.25) is 0 Å². The summed E-state index contributed by atoms with van der Waals surface area (Å²) < 4.78 is 7.57. The van der Waals surface area contributed by atoms with Crippen LogP contribution in [0, 0.1) is 6.92 Å². The van der Waals surface area contributed by atoms with Crippen LogP contribution >= 0.6 is 0 Å². The molecular weight excluding hydrogens is 324 g/mol. The summed E-state index contributed by atoms with van der Waals surface area (Å²) in [6.07, 6.45) is 1.26. The van der Waals surface area contributed by atoms with E-state index in [0.717, 1.165) is 5.82 Å². The highest BCUT2D eigenvalue weighted by atomic mass is 16.5. The van der Waals surface area contributed by atoms with Crippen LogP contribution in [0.25, 0.3) is 11.2 Å². The highest BCUT2D eigenvalue weighted by Gasteiger charge is 2.30. The third kappa shape index (κ3) is 2.64. The molecule has 1 atom stereocenters. The fraction of sp³-hybridized carbons (Fsp3) is 0.467. The molecule has 3 aromatic heterocycles. The average Bonchev–Trinajstić information content (AvgIpc) is 3.18. The van der Waals surface area contributed by atoms with Gasteiger partial charge in [-0.05, 0) is 18.2 Å². The standard InChI is InChI=1S/C15H18N8O2/c1-9-17-12-10(4-5-16-14(12)21(9)2)15(24)23-6-7-25-11(8-23)13-18-20-22(3)19-13/h4-5,11H,6-8H2,1-3H3. The Morgan fingerprint density at radius 1 is 1.36 bits per heavy atom. The molecule has 0 aliphatic carbocycles. The number of tetrazole rings is 1. The van der Waals surface area contributed by atoms with E-state index in [1.807, 2.05) is 18.5 Å². The number of pyridine rings is 1. The lowest BCUT2D eigenvalue weighted by atomic mass is 10.1. The van der Waals surface area contributed by atoms with Crippen LogP contribution in [0.3, 0.4) is 0 Å². The molecule has 0 aromatic carbocycles. The molecule has 1 fully saturated rings. The molecule has 0 saturated carbocycles. The third-order valence-electron chi connectivity index (χ3n) is 4.38. The number of morpholine rings is 1. The molecule has 25 heavy (non-hydrogen) atoms. The lowest BCUT2D eigenvalue weighted by Crippen LogP contribution is -2.42. The predicted molar refractivity (Wildman–Crippen MR) is 86.6 cm³/mol. The van der Waals surface area contributed by atoms with Crippen molar-refractivity contribution in [3.63, 3.8) is 0 Å². The van der Waals surface area contributed by atoms with E-state index in [4.69, 9.17) is 4.74 Å². The number of carbonyl (C=O) groups excluding carboxylic acids is 1. The van der Waals surface area contributed by atoms with Gasteiger partial charge in [0, 0.05) is 19.8 Å². The van der Waals surface area contributed by atoms with Crippen molar-refractivity contribution in [3.05, 3.63) is 29.5 Å². The number of hydrogen-bond acceptors (Lipinski definition) is 7. The molecule has 1 unspecified atom stereocenters. The summed E-state index contributed by atoms with van der Waals surface area (Å²) in [4.78, 5) is 25.0. The number of fused-ring (bicyclic) bond motifs is 1. The molecule has 1 saturated heterocycles. The minimum absolute atomic E-state index is 0.0947. The van der Waals surface area contributed by atoms with Gasteiger partial charge in [-0.15, -0.1) is 10.2 Å². The number of imidazole rings is 1. The largest absolute Gasteiger partial charge is 0.366 e. The first kappa shape index (κ1) is 15.6. The number of amides is 1. The Morgan fingerprint density at radius 2 is 2.20 bits per heavy atom. The second kappa shape index (κ2) is 5.88. The van der Waals surface area contributed by atoms with E-state index in [1.54, 1.807) is 24.2 Å². The monoisotopic (exact) mass is 342 g/mol. The molecule has 10 heteroatoms. The van der Waals surface area contributed by atoms with Crippen molar-refractivity contribution in [2.24, 2.45) is 14.1 Å². The summed E-state index contributed by atoms with van der Waals surface area (Å²) in [6.45, 7) is 3.19. The minimum atomic E-state index is -0.380. The maximum absolute atomic E-state index is 13.0. The van der Waals surface area contributed by atoms with Crippen LogP contribution in [-0.2, 0) is 18.8 Å². The summed E-state index contributed by atoms with van der Waals surface area (Å²) in [7, 11) is 3.58. The van der Waals surface area contributed by atoms with Crippen LogP contribution in [0.1, 0.15) is 28.1 Å². The Morgan fingerprint density at radius 3 is 2.96 bits per heavy atom. The Kier molecular flexibility index (Phi) is 3.68. The highest BCUT2D eigenvalue weighted by molar-refractivity contribution is 6.04. The van der Waals surface area contributed by atoms with Gasteiger partial charge in [0.2, 0.25) is 5.82 Å². The van der Waals surface area contributed by atoms with Gasteiger partial charge < -0.3 is 14.2 Å². The van der Waals surface area contributed by atoms with Crippen LogP contribution in [0.5, 0.6) is 0 Å². The number of nitrogens with zero attached hydrogens (tertiary/aromatic N) is 8. The van der Waals surface area contributed by atoms with Crippen molar-refractivity contribution >= 4 is 17.1 Å². The zero-order valence-electron chi connectivity index (χ0n) is 14.2. The number of aromatic nitrogens is 7. The number of carbonyl (C=O) groups is 1. The van der Waals surface area contributed by atoms with Gasteiger partial charge >= 0.3 is 0 Å². The Hall–Kier alpha value is -2.88. The SMILES string of the molecule is Cc1nc2c(C(=O)N3CCOC(c4nnn(C)n4)C3)ccnc2n1C. The van der Waals surface area contributed by atoms with Gasteiger partial charge in [-0.1, -0.05) is 0 Å². The van der Waals surface area contributed by atoms with Gasteiger partial charge in [-0.3, -0.25) is 4.79 Å². The Labute approximate surface area is 143 Å². The van der Waals surface area contributed by atoms with Crippen LogP contribution < -0.4 is 0 Å². The second-order valence-corrected chi connectivity index (χ2v) is 6.00. The summed E-state index contributed by atoms with van der Waals surface area (Å²) in [5.41, 5.74) is 1.86. The number of aryl methyl sites for hydroxylation is 3. The molecule has 4 rings (SSSR count). The summed E-state index contributed by atoms with van der Waals surface area (Å²) in [6, 6.07) is 1.71. The smallest absolute Gasteiger partial charge is 0.256 e. The fourth-order valence-corrected chi connectivity index (χ4v) is 2.95. The minimum Gasteiger partial charge on any atom is -0.366 e. The van der Waals surface area contributed by atoms with Crippen molar-refractivity contribution in [1.29, 1.82) is 0 Å². The summed E-state index contributed by atoms with van der Waals surface area (Å²) >= 11 is 0. The average molecular weight is 342 g/mol. The molecule has 1 amide bonds. The molecule has 1 aliphatic rings. The third-order valence-corrected chi connectivity index (χ3v) is 4.38. The fourth-order valence-electron chi connectivity index (χ4n) is 2.95. The normalized spacial score (nSPS) is 18.0. The summed E-state index contributed by atoms with van der Waals surface area (Å²) in [5.74, 6) is 1.20. The van der Waals surface area contributed by atoms with E-state index >= 15 is 0 Å². The molecule has 130 valence electrons. The lowest BCUT2D eigenvalue weighted by Gasteiger charge is -2.31. The van der Waals surface area contributed by atoms with Gasteiger partial charge in [0.15, 0.2) is 5.65 Å². The maximum atomic E-state index is 13.0. The quantitative estimate of drug-likeness (QED) is 0.646. The summed E-state index contributed by atoms with van der Waals surface area (Å²) in [5, 5.41) is 12.0. The molecule has 1 aliphatic heterocycles. The van der Waals surface area contributed by atoms with Crippen LogP contribution in [0.4, 0.5) is 0 Å². The van der Waals surface area contributed by atoms with Crippen molar-refractivity contribution in [1.82, 2.24) is 39.6 Å². The van der Waals surface area contributed by atoms with Crippen molar-refractivity contribution < 1.29 is 9.53 Å². The molecule has 3 aromatic rings. The van der Waals surface area contributed by atoms with Crippen molar-refractivity contribution in [2.75, 3.05) is 19.7 Å². The topological polar surface area (TPSA) is 104 Å². The first-order valence-corrected chi connectivity index (χ1v) is 7.97. The number of ether oxygens (including phenoxy) is 1. The number of hydrogen-bond donors (Lipinski definition) is 0. The first-order chi connectivity index (χ1) is 12.0. The molecule has 4 heterocycles. The zero-order chi connectivity index (χ0) is 17.6. The van der Waals surface area contributed by atoms with Crippen molar-refractivity contribution in [3.8, 4) is 0 Å². The molecular formula is C15H18N8O2. The highest BCUT2D eigenvalue weighted by Crippen LogP contribution is 2.23. The molecule has 10 nitrogen and oxygen atoms in total. The van der Waals surface area contributed by atoms with Crippen LogP contribution in [0.15, 0.2) is 12.3 Å². The molecule has 0 N–H and O–H groups in total. The maximum Gasteiger partial charge on any atom is 0.256 e. The second-order valence-electron chi connectivity index (χ2n) is 6.00. The van der Waals surface area contributed by atoms with E-state index in [-0.39, 0.29) is 12.0 Å². The van der Waals surface area contributed by atoms with Gasteiger partial charge in [0.05, 0.1) is 25.8 Å². The van der Waals surface area contributed by atoms with Gasteiger partial charge in [-0.25, -0.2) is 9.97 Å². The van der Waals surface area contributed by atoms with Crippen LogP contribution in [-0.4, -0.2) is 65.2 Å². The molecule has 0 bridgehead atoms. The first-order valence-electron chi connectivity index (χ1n) is 7.97. The van der Waals surface area contributed by atoms with Crippen molar-refractivity contribution in [2.45, 2.75) is 13.0 Å². The van der Waals surface area contributed by atoms with E-state index < -0.39 is 0 Å². The number of rotatable bonds is 2. The molecule has 0 radical (unpaired) electrons. The lowest BCUT2D eigenvalue weighted by molar-refractivity contribution is -0.0268. The van der Waals surface area contributed by atoms with Gasteiger partial charge in [0.25, 0.3) is 5.91 Å².